The SMILES string of the molecule is COc1cc(F)ccc1-n1nc(C(=O)Nc2ccc(Oc3ccnc(NC(=O)N4CC(O)C4)c3)c(F)c2)c(C)cc1=O. The lowest BCUT2D eigenvalue weighted by molar-refractivity contribution is 0.0308. The first-order valence-electron chi connectivity index (χ1n) is 12.5. The van der Waals surface area contributed by atoms with E-state index in [1.165, 1.54) is 61.5 Å². The summed E-state index contributed by atoms with van der Waals surface area (Å²) in [4.78, 5) is 43.2. The number of pyridine rings is 1. The van der Waals surface area contributed by atoms with Crippen molar-refractivity contribution in [1.82, 2.24) is 19.7 Å². The zero-order chi connectivity index (χ0) is 30.0. The van der Waals surface area contributed by atoms with Crippen molar-refractivity contribution in [3.63, 3.8) is 0 Å². The number of benzene rings is 2. The van der Waals surface area contributed by atoms with E-state index in [1.54, 1.807) is 0 Å². The molecule has 0 unspecified atom stereocenters. The van der Waals surface area contributed by atoms with Crippen molar-refractivity contribution in [2.45, 2.75) is 13.0 Å². The normalized spacial score (nSPS) is 12.8. The van der Waals surface area contributed by atoms with Gasteiger partial charge in [0.05, 0.1) is 26.3 Å². The van der Waals surface area contributed by atoms with E-state index in [0.29, 0.717) is 0 Å². The summed E-state index contributed by atoms with van der Waals surface area (Å²) in [5.74, 6) is -1.85. The van der Waals surface area contributed by atoms with Gasteiger partial charge in [-0.1, -0.05) is 0 Å². The molecule has 1 saturated heterocycles. The molecule has 0 atom stereocenters. The molecule has 3 N–H and O–H groups in total. The number of halogens is 2. The number of β-amino-alcohol motifs (C(OH)–C–C–N with tert-alkyl or cyclic N) is 1. The number of nitrogens with one attached hydrogen (secondary N) is 2. The van der Waals surface area contributed by atoms with Crippen LogP contribution in [0.4, 0.5) is 25.1 Å². The molecular weight excluding hydrogens is 554 g/mol. The van der Waals surface area contributed by atoms with E-state index in [-0.39, 0.29) is 58.8 Å². The number of likely N-dealkylation sites (tertiary alicyclic amines) is 1. The molecule has 14 heteroatoms. The number of hydrogen-bond acceptors (Lipinski definition) is 8. The highest BCUT2D eigenvalue weighted by Crippen LogP contribution is 2.28. The third-order valence-corrected chi connectivity index (χ3v) is 6.24. The highest BCUT2D eigenvalue weighted by atomic mass is 19.1. The summed E-state index contributed by atoms with van der Waals surface area (Å²) in [6.45, 7) is 1.96. The molecule has 1 aliphatic rings. The Morgan fingerprint density at radius 3 is 2.52 bits per heavy atom. The highest BCUT2D eigenvalue weighted by molar-refractivity contribution is 6.03. The van der Waals surface area contributed by atoms with Crippen molar-refractivity contribution in [2.24, 2.45) is 0 Å². The van der Waals surface area contributed by atoms with Crippen LogP contribution >= 0.6 is 0 Å². The lowest BCUT2D eigenvalue weighted by Crippen LogP contribution is -2.54. The Kier molecular flexibility index (Phi) is 7.80. The topological polar surface area (TPSA) is 148 Å². The van der Waals surface area contributed by atoms with Gasteiger partial charge in [-0.15, -0.1) is 0 Å². The minimum atomic E-state index is -0.796. The number of carbonyl (C=O) groups is 2. The summed E-state index contributed by atoms with van der Waals surface area (Å²) in [5, 5.41) is 18.6. The second kappa shape index (κ2) is 11.6. The molecule has 0 aliphatic carbocycles. The fourth-order valence-electron chi connectivity index (χ4n) is 4.10. The van der Waals surface area contributed by atoms with E-state index < -0.39 is 35.2 Å². The number of methoxy groups -OCH3 is 1. The molecule has 2 aromatic heterocycles. The van der Waals surface area contributed by atoms with Gasteiger partial charge >= 0.3 is 6.03 Å². The molecule has 12 nitrogen and oxygen atoms in total. The van der Waals surface area contributed by atoms with Crippen molar-refractivity contribution in [3.8, 4) is 22.9 Å². The van der Waals surface area contributed by atoms with Crippen LogP contribution in [0.2, 0.25) is 0 Å². The van der Waals surface area contributed by atoms with E-state index in [4.69, 9.17) is 9.47 Å². The van der Waals surface area contributed by atoms with E-state index in [1.807, 2.05) is 0 Å². The first-order valence-corrected chi connectivity index (χ1v) is 12.5. The van der Waals surface area contributed by atoms with Gasteiger partial charge in [-0.2, -0.15) is 9.78 Å². The average molecular weight is 579 g/mol. The minimum Gasteiger partial charge on any atom is -0.494 e. The monoisotopic (exact) mass is 578 g/mol. The predicted octanol–water partition coefficient (Wildman–Crippen LogP) is 3.48. The van der Waals surface area contributed by atoms with Crippen LogP contribution in [0, 0.1) is 18.6 Å². The smallest absolute Gasteiger partial charge is 0.323 e. The Morgan fingerprint density at radius 2 is 1.81 bits per heavy atom. The van der Waals surface area contributed by atoms with Crippen molar-refractivity contribution >= 4 is 23.4 Å². The number of hydrogen-bond donors (Lipinski definition) is 3. The Hall–Kier alpha value is -5.37. The summed E-state index contributed by atoms with van der Waals surface area (Å²) < 4.78 is 40.2. The van der Waals surface area contributed by atoms with Crippen molar-refractivity contribution in [3.05, 3.63) is 94.0 Å². The van der Waals surface area contributed by atoms with Gasteiger partial charge < -0.3 is 24.8 Å². The second-order valence-electron chi connectivity index (χ2n) is 9.31. The number of rotatable bonds is 7. The van der Waals surface area contributed by atoms with Crippen molar-refractivity contribution in [2.75, 3.05) is 30.8 Å². The molecule has 0 saturated carbocycles. The number of anilines is 2. The van der Waals surface area contributed by atoms with Gasteiger partial charge in [0, 0.05) is 36.1 Å². The van der Waals surface area contributed by atoms with Crippen LogP contribution in [0.3, 0.4) is 0 Å². The molecule has 0 spiro atoms. The Morgan fingerprint density at radius 1 is 1.02 bits per heavy atom. The van der Waals surface area contributed by atoms with Gasteiger partial charge in [0.2, 0.25) is 0 Å². The quantitative estimate of drug-likeness (QED) is 0.302. The van der Waals surface area contributed by atoms with Gasteiger partial charge in [-0.05, 0) is 42.8 Å². The van der Waals surface area contributed by atoms with Gasteiger partial charge in [0.1, 0.15) is 28.8 Å². The molecular formula is C28H24F2N6O6. The number of aliphatic hydroxyl groups excluding tert-OH is 1. The fraction of sp³-hybridized carbons (Fsp3) is 0.179. The second-order valence-corrected chi connectivity index (χ2v) is 9.31. The molecule has 4 aromatic rings. The third kappa shape index (κ3) is 6.02. The highest BCUT2D eigenvalue weighted by Gasteiger charge is 2.29. The zero-order valence-electron chi connectivity index (χ0n) is 22.3. The molecule has 3 heterocycles. The molecule has 0 bridgehead atoms. The molecule has 3 amide bonds. The first kappa shape index (κ1) is 28.2. The Bertz CT molecular complexity index is 1740. The molecule has 5 rings (SSSR count). The van der Waals surface area contributed by atoms with Crippen LogP contribution in [-0.4, -0.2) is 63.0 Å². The van der Waals surface area contributed by atoms with Crippen LogP contribution in [0.5, 0.6) is 17.2 Å². The Labute approximate surface area is 237 Å². The van der Waals surface area contributed by atoms with Crippen LogP contribution in [-0.2, 0) is 0 Å². The number of ether oxygens (including phenoxy) is 2. The molecule has 0 radical (unpaired) electrons. The summed E-state index contributed by atoms with van der Waals surface area (Å²) in [7, 11) is 1.31. The average Bonchev–Trinajstić information content (AvgIpc) is 2.93. The first-order chi connectivity index (χ1) is 20.1. The maximum Gasteiger partial charge on any atom is 0.323 e. The van der Waals surface area contributed by atoms with E-state index >= 15 is 0 Å². The van der Waals surface area contributed by atoms with Crippen LogP contribution in [0.15, 0.2) is 65.6 Å². The summed E-state index contributed by atoms with van der Waals surface area (Å²) in [6.07, 6.45) is 0.827. The third-order valence-electron chi connectivity index (χ3n) is 6.24. The van der Waals surface area contributed by atoms with E-state index in [2.05, 4.69) is 20.7 Å². The van der Waals surface area contributed by atoms with Crippen LogP contribution in [0.25, 0.3) is 5.69 Å². The fourth-order valence-corrected chi connectivity index (χ4v) is 4.10. The number of carbonyl (C=O) groups excluding carboxylic acids is 2. The molecule has 1 fully saturated rings. The number of aliphatic hydroxyl groups is 1. The van der Waals surface area contributed by atoms with Gasteiger partial charge in [-0.3, -0.25) is 14.9 Å². The maximum atomic E-state index is 14.9. The van der Waals surface area contributed by atoms with Crippen molar-refractivity contribution < 1.29 is 33.0 Å². The number of amides is 3. The summed E-state index contributed by atoms with van der Waals surface area (Å²) in [6, 6.07) is 10.9. The van der Waals surface area contributed by atoms with Crippen LogP contribution < -0.4 is 25.7 Å². The lowest BCUT2D eigenvalue weighted by Gasteiger charge is -2.35. The zero-order valence-corrected chi connectivity index (χ0v) is 22.3. The number of urea groups is 1. The van der Waals surface area contributed by atoms with E-state index in [9.17, 15) is 28.3 Å². The predicted molar refractivity (Wildman–Crippen MR) is 146 cm³/mol. The standard InChI is InChI=1S/C28H24F2N6O6/c1-15-9-25(38)36(21-5-3-16(29)10-23(21)41-2)34-26(15)27(39)32-17-4-6-22(20(30)11-17)42-19-7-8-31-24(12-19)33-28(40)35-13-18(37)14-35/h3-12,18,37H,13-14H2,1-2H3,(H,32,39)(H,31,33,40). The summed E-state index contributed by atoms with van der Waals surface area (Å²) >= 11 is 0. The number of nitrogens with zero attached hydrogens (tertiary/aromatic N) is 4. The molecule has 216 valence electrons. The van der Waals surface area contributed by atoms with E-state index in [0.717, 1.165) is 22.9 Å². The largest absolute Gasteiger partial charge is 0.494 e. The lowest BCUT2D eigenvalue weighted by atomic mass is 10.2. The summed E-state index contributed by atoms with van der Waals surface area (Å²) in [5.41, 5.74) is -0.215. The molecule has 2 aromatic carbocycles. The van der Waals surface area contributed by atoms with Gasteiger partial charge in [0.25, 0.3) is 11.5 Å². The van der Waals surface area contributed by atoms with Gasteiger partial charge in [0.15, 0.2) is 17.3 Å². The number of aromatic nitrogens is 3. The Balaban J connectivity index is 1.30. The molecule has 42 heavy (non-hydrogen) atoms. The minimum absolute atomic E-state index is 0.0390. The molecule has 1 aliphatic heterocycles. The van der Waals surface area contributed by atoms with Crippen molar-refractivity contribution in [1.29, 1.82) is 0 Å². The number of aryl methyl sites for hydroxylation is 1. The maximum absolute atomic E-state index is 14.9. The van der Waals surface area contributed by atoms with Gasteiger partial charge in [-0.25, -0.2) is 18.6 Å². The van der Waals surface area contributed by atoms with Crippen LogP contribution in [0.1, 0.15) is 16.1 Å².